The van der Waals surface area contributed by atoms with Crippen LogP contribution in [0.25, 0.3) is 0 Å². The Morgan fingerprint density at radius 3 is 2.58 bits per heavy atom. The maximum atomic E-state index is 12.2. The van der Waals surface area contributed by atoms with E-state index in [4.69, 9.17) is 4.99 Å². The minimum atomic E-state index is -0.0914. The van der Waals surface area contributed by atoms with Crippen molar-refractivity contribution in [1.29, 1.82) is 0 Å². The Labute approximate surface area is 203 Å². The van der Waals surface area contributed by atoms with Gasteiger partial charge in [-0.25, -0.2) is 9.98 Å². The number of amides is 1. The number of carbonyl (C=O) groups excluding carboxylic acids is 1. The maximum absolute atomic E-state index is 12.2. The first kappa shape index (κ1) is 24.8. The third-order valence-corrected chi connectivity index (χ3v) is 5.34. The second kappa shape index (κ2) is 13.1. The van der Waals surface area contributed by atoms with E-state index in [1.807, 2.05) is 42.9 Å². The van der Waals surface area contributed by atoms with E-state index in [1.54, 1.807) is 11.7 Å². The van der Waals surface area contributed by atoms with Gasteiger partial charge in [0.2, 0.25) is 0 Å². The molecule has 0 aliphatic rings. The van der Waals surface area contributed by atoms with E-state index in [0.717, 1.165) is 23.8 Å². The summed E-state index contributed by atoms with van der Waals surface area (Å²) in [6, 6.07) is 10.2. The molecule has 3 rings (SSSR count). The van der Waals surface area contributed by atoms with Crippen LogP contribution in [0.2, 0.25) is 0 Å². The molecule has 0 radical (unpaired) electrons. The number of hydrogen-bond donors (Lipinski definition) is 3. The average molecular weight is 553 g/mol. The van der Waals surface area contributed by atoms with Crippen molar-refractivity contribution in [1.82, 2.24) is 30.7 Å². The van der Waals surface area contributed by atoms with Crippen molar-refractivity contribution >= 4 is 47.2 Å². The number of nitrogens with one attached hydrogen (secondary N) is 3. The number of aromatic nitrogens is 3. The Bertz CT molecular complexity index is 972. The highest BCUT2D eigenvalue weighted by Crippen LogP contribution is 2.12. The van der Waals surface area contributed by atoms with Gasteiger partial charge in [-0.05, 0) is 31.0 Å². The molecule has 3 aromatic rings. The normalized spacial score (nSPS) is 11.0. The fraction of sp³-hybridized carbons (Fsp3) is 0.333. The molecule has 0 atom stereocenters. The summed E-state index contributed by atoms with van der Waals surface area (Å²) >= 11 is 1.35. The summed E-state index contributed by atoms with van der Waals surface area (Å²) in [5.41, 5.74) is 4.78. The summed E-state index contributed by atoms with van der Waals surface area (Å²) in [6.45, 7) is 6.96. The van der Waals surface area contributed by atoms with E-state index >= 15 is 0 Å². The molecule has 2 heterocycles. The zero-order valence-corrected chi connectivity index (χ0v) is 20.8. The minimum Gasteiger partial charge on any atom is -0.357 e. The van der Waals surface area contributed by atoms with Gasteiger partial charge in [-0.3, -0.25) is 9.48 Å². The molecule has 0 aliphatic carbocycles. The molecule has 0 bridgehead atoms. The Morgan fingerprint density at radius 2 is 1.90 bits per heavy atom. The van der Waals surface area contributed by atoms with Crippen LogP contribution < -0.4 is 16.0 Å². The zero-order chi connectivity index (χ0) is 21.2. The lowest BCUT2D eigenvalue weighted by Gasteiger charge is -2.13. The van der Waals surface area contributed by atoms with Gasteiger partial charge in [0.05, 0.1) is 24.3 Å². The van der Waals surface area contributed by atoms with Crippen molar-refractivity contribution in [3.63, 3.8) is 0 Å². The highest BCUT2D eigenvalue weighted by Gasteiger charge is 2.10. The predicted molar refractivity (Wildman–Crippen MR) is 135 cm³/mol. The number of halogens is 1. The molecular weight excluding hydrogens is 525 g/mol. The lowest BCUT2D eigenvalue weighted by atomic mass is 10.1. The van der Waals surface area contributed by atoms with Crippen molar-refractivity contribution in [2.45, 2.75) is 26.9 Å². The number of thiazole rings is 1. The smallest absolute Gasteiger partial charge is 0.263 e. The van der Waals surface area contributed by atoms with Crippen LogP contribution in [0, 0.1) is 6.92 Å². The van der Waals surface area contributed by atoms with Crippen molar-refractivity contribution < 1.29 is 4.79 Å². The van der Waals surface area contributed by atoms with Gasteiger partial charge in [-0.15, -0.1) is 35.3 Å². The van der Waals surface area contributed by atoms with E-state index in [1.165, 1.54) is 16.9 Å². The van der Waals surface area contributed by atoms with Crippen LogP contribution in [-0.2, 0) is 13.1 Å². The molecule has 0 saturated carbocycles. The number of aliphatic imine (C=N–C) groups is 1. The van der Waals surface area contributed by atoms with Gasteiger partial charge >= 0.3 is 0 Å². The van der Waals surface area contributed by atoms with E-state index in [9.17, 15) is 4.79 Å². The maximum Gasteiger partial charge on any atom is 0.263 e. The second-order valence-electron chi connectivity index (χ2n) is 6.62. The first-order valence-electron chi connectivity index (χ1n) is 9.92. The minimum absolute atomic E-state index is 0. The Balaban J connectivity index is 0.00000341. The SMILES string of the molecule is CCNC(=NCc1ccccc1Cn1cccn1)NCCNC(=O)c1scnc1C.I. The Hall–Kier alpha value is -2.47. The number of nitrogens with zero attached hydrogens (tertiary/aromatic N) is 4. The number of rotatable bonds is 9. The van der Waals surface area contributed by atoms with Crippen LogP contribution in [0.15, 0.2) is 53.2 Å². The number of benzene rings is 1. The van der Waals surface area contributed by atoms with Gasteiger partial charge in [0.15, 0.2) is 5.96 Å². The summed E-state index contributed by atoms with van der Waals surface area (Å²) in [4.78, 5) is 21.6. The van der Waals surface area contributed by atoms with E-state index in [2.05, 4.69) is 38.2 Å². The topological polar surface area (TPSA) is 96.2 Å². The quantitative estimate of drug-likeness (QED) is 0.164. The van der Waals surface area contributed by atoms with E-state index in [-0.39, 0.29) is 29.9 Å². The van der Waals surface area contributed by atoms with Crippen LogP contribution in [0.5, 0.6) is 0 Å². The van der Waals surface area contributed by atoms with Crippen LogP contribution in [0.4, 0.5) is 0 Å². The summed E-state index contributed by atoms with van der Waals surface area (Å²) in [5.74, 6) is 0.626. The molecule has 31 heavy (non-hydrogen) atoms. The third kappa shape index (κ3) is 7.62. The molecule has 0 unspecified atom stereocenters. The zero-order valence-electron chi connectivity index (χ0n) is 17.7. The number of guanidine groups is 1. The first-order chi connectivity index (χ1) is 14.7. The van der Waals surface area contributed by atoms with E-state index in [0.29, 0.717) is 31.1 Å². The molecule has 1 amide bonds. The summed E-state index contributed by atoms with van der Waals surface area (Å²) in [7, 11) is 0. The molecule has 0 fully saturated rings. The molecule has 166 valence electrons. The third-order valence-electron chi connectivity index (χ3n) is 4.42. The second-order valence-corrected chi connectivity index (χ2v) is 7.47. The summed E-state index contributed by atoms with van der Waals surface area (Å²) in [5, 5.41) is 13.7. The van der Waals surface area contributed by atoms with Crippen LogP contribution in [0.3, 0.4) is 0 Å². The summed E-state index contributed by atoms with van der Waals surface area (Å²) < 4.78 is 1.90. The van der Waals surface area contributed by atoms with Gasteiger partial charge in [-0.1, -0.05) is 24.3 Å². The largest absolute Gasteiger partial charge is 0.357 e. The average Bonchev–Trinajstić information content (AvgIpc) is 3.41. The predicted octanol–water partition coefficient (Wildman–Crippen LogP) is 2.80. The summed E-state index contributed by atoms with van der Waals surface area (Å²) in [6.07, 6.45) is 3.73. The van der Waals surface area contributed by atoms with Crippen molar-refractivity contribution in [2.75, 3.05) is 19.6 Å². The van der Waals surface area contributed by atoms with Gasteiger partial charge < -0.3 is 16.0 Å². The van der Waals surface area contributed by atoms with Crippen LogP contribution in [0.1, 0.15) is 33.4 Å². The lowest BCUT2D eigenvalue weighted by Crippen LogP contribution is -2.41. The molecule has 0 saturated heterocycles. The molecule has 8 nitrogen and oxygen atoms in total. The van der Waals surface area contributed by atoms with Gasteiger partial charge in [0.1, 0.15) is 4.88 Å². The van der Waals surface area contributed by atoms with Gasteiger partial charge in [0.25, 0.3) is 5.91 Å². The molecule has 10 heteroatoms. The van der Waals surface area contributed by atoms with Crippen molar-refractivity contribution in [3.05, 3.63) is 69.9 Å². The molecule has 0 aliphatic heterocycles. The highest BCUT2D eigenvalue weighted by atomic mass is 127. The Morgan fingerprint density at radius 1 is 1.13 bits per heavy atom. The highest BCUT2D eigenvalue weighted by molar-refractivity contribution is 14.0. The number of carbonyl (C=O) groups is 1. The van der Waals surface area contributed by atoms with Gasteiger partial charge in [0, 0.05) is 32.0 Å². The van der Waals surface area contributed by atoms with Crippen molar-refractivity contribution in [3.8, 4) is 0 Å². The molecular formula is C21H28IN7OS. The van der Waals surface area contributed by atoms with Crippen molar-refractivity contribution in [2.24, 2.45) is 4.99 Å². The van der Waals surface area contributed by atoms with Crippen LogP contribution in [-0.4, -0.2) is 46.3 Å². The molecule has 3 N–H and O–H groups in total. The molecule has 0 spiro atoms. The van der Waals surface area contributed by atoms with E-state index < -0.39 is 0 Å². The molecule has 1 aromatic carbocycles. The standard InChI is InChI=1S/C21H27N7OS.HI/c1-3-22-21(24-11-10-23-20(29)19-16(2)26-15-30-19)25-13-17-7-4-5-8-18(17)14-28-12-6-9-27-28;/h4-9,12,15H,3,10-11,13-14H2,1-2H3,(H,23,29)(H2,22,24,25);1H. The monoisotopic (exact) mass is 553 g/mol. The van der Waals surface area contributed by atoms with Crippen LogP contribution >= 0.6 is 35.3 Å². The number of hydrogen-bond acceptors (Lipinski definition) is 5. The first-order valence-corrected chi connectivity index (χ1v) is 10.8. The Kier molecular flexibility index (Phi) is 10.4. The molecule has 2 aromatic heterocycles. The fourth-order valence-corrected chi connectivity index (χ4v) is 3.62. The lowest BCUT2D eigenvalue weighted by molar-refractivity contribution is 0.0957. The fourth-order valence-electron chi connectivity index (χ4n) is 2.90. The number of aryl methyl sites for hydroxylation is 1. The van der Waals surface area contributed by atoms with Gasteiger partial charge in [-0.2, -0.15) is 5.10 Å².